The summed E-state index contributed by atoms with van der Waals surface area (Å²) in [4.78, 5) is 0. The Morgan fingerprint density at radius 3 is 2.47 bits per heavy atom. The number of ether oxygens (including phenoxy) is 1. The minimum Gasteiger partial charge on any atom is -0.371 e. The Balaban J connectivity index is 2.01. The maximum Gasteiger partial charge on any atom is 0.411 e. The van der Waals surface area contributed by atoms with Crippen molar-refractivity contribution in [2.45, 2.75) is 51.2 Å². The van der Waals surface area contributed by atoms with Crippen LogP contribution in [-0.4, -0.2) is 32.0 Å². The third-order valence-electron chi connectivity index (χ3n) is 3.34. The smallest absolute Gasteiger partial charge is 0.371 e. The monoisotopic (exact) mass is 253 g/mol. The van der Waals surface area contributed by atoms with Crippen LogP contribution in [-0.2, 0) is 4.74 Å². The summed E-state index contributed by atoms with van der Waals surface area (Å²) in [6, 6.07) is 0.379. The van der Waals surface area contributed by atoms with E-state index in [9.17, 15) is 13.2 Å². The Morgan fingerprint density at radius 1 is 1.24 bits per heavy atom. The number of hydrogen-bond acceptors (Lipinski definition) is 2. The summed E-state index contributed by atoms with van der Waals surface area (Å²) >= 11 is 0. The molecule has 0 saturated heterocycles. The van der Waals surface area contributed by atoms with Gasteiger partial charge in [-0.3, -0.25) is 0 Å². The zero-order valence-electron chi connectivity index (χ0n) is 10.4. The molecule has 1 N–H and O–H groups in total. The molecule has 1 rings (SSSR count). The van der Waals surface area contributed by atoms with Gasteiger partial charge >= 0.3 is 6.18 Å². The summed E-state index contributed by atoms with van der Waals surface area (Å²) in [5.41, 5.74) is 0. The SMILES string of the molecule is CC(NCCOCC(F)(F)F)C1CCCCC1. The largest absolute Gasteiger partial charge is 0.411 e. The van der Waals surface area contributed by atoms with Crippen LogP contribution < -0.4 is 5.32 Å². The third-order valence-corrected chi connectivity index (χ3v) is 3.34. The fourth-order valence-electron chi connectivity index (χ4n) is 2.35. The molecule has 1 aliphatic carbocycles. The van der Waals surface area contributed by atoms with Crippen molar-refractivity contribution in [2.75, 3.05) is 19.8 Å². The van der Waals surface area contributed by atoms with E-state index in [1.165, 1.54) is 32.1 Å². The summed E-state index contributed by atoms with van der Waals surface area (Å²) in [5, 5.41) is 3.25. The highest BCUT2D eigenvalue weighted by molar-refractivity contribution is 4.75. The molecular weight excluding hydrogens is 231 g/mol. The van der Waals surface area contributed by atoms with Crippen LogP contribution in [0.4, 0.5) is 13.2 Å². The normalized spacial score (nSPS) is 20.5. The molecule has 0 amide bonds. The molecule has 5 heteroatoms. The van der Waals surface area contributed by atoms with Crippen LogP contribution >= 0.6 is 0 Å². The molecule has 1 unspecified atom stereocenters. The van der Waals surface area contributed by atoms with E-state index in [0.717, 1.165) is 0 Å². The Hall–Kier alpha value is -0.290. The fourth-order valence-corrected chi connectivity index (χ4v) is 2.35. The summed E-state index contributed by atoms with van der Waals surface area (Å²) in [6.07, 6.45) is 2.13. The molecule has 0 aliphatic heterocycles. The van der Waals surface area contributed by atoms with E-state index >= 15 is 0 Å². The van der Waals surface area contributed by atoms with Crippen LogP contribution in [0.3, 0.4) is 0 Å². The Morgan fingerprint density at radius 2 is 1.88 bits per heavy atom. The van der Waals surface area contributed by atoms with Gasteiger partial charge in [-0.15, -0.1) is 0 Å². The molecule has 0 aromatic heterocycles. The zero-order valence-corrected chi connectivity index (χ0v) is 10.4. The van der Waals surface area contributed by atoms with Gasteiger partial charge in [0.1, 0.15) is 6.61 Å². The van der Waals surface area contributed by atoms with E-state index in [-0.39, 0.29) is 6.61 Å². The van der Waals surface area contributed by atoms with Crippen LogP contribution in [0, 0.1) is 5.92 Å². The molecule has 0 bridgehead atoms. The number of halogens is 3. The van der Waals surface area contributed by atoms with Crippen LogP contribution in [0.1, 0.15) is 39.0 Å². The van der Waals surface area contributed by atoms with E-state index in [2.05, 4.69) is 17.0 Å². The van der Waals surface area contributed by atoms with Gasteiger partial charge in [0.15, 0.2) is 0 Å². The molecule has 1 atom stereocenters. The number of hydrogen-bond donors (Lipinski definition) is 1. The highest BCUT2D eigenvalue weighted by atomic mass is 19.4. The van der Waals surface area contributed by atoms with Gasteiger partial charge in [0, 0.05) is 12.6 Å². The molecule has 0 aromatic carbocycles. The number of alkyl halides is 3. The van der Waals surface area contributed by atoms with Gasteiger partial charge < -0.3 is 10.1 Å². The standard InChI is InChI=1S/C12H22F3NO/c1-10(11-5-3-2-4-6-11)16-7-8-17-9-12(13,14)15/h10-11,16H,2-9H2,1H3. The Labute approximate surface area is 101 Å². The van der Waals surface area contributed by atoms with Crippen LogP contribution in [0.2, 0.25) is 0 Å². The van der Waals surface area contributed by atoms with E-state index in [0.29, 0.717) is 18.5 Å². The van der Waals surface area contributed by atoms with Crippen molar-refractivity contribution < 1.29 is 17.9 Å². The molecule has 0 heterocycles. The highest BCUT2D eigenvalue weighted by Gasteiger charge is 2.27. The van der Waals surface area contributed by atoms with Gasteiger partial charge in [0.2, 0.25) is 0 Å². The van der Waals surface area contributed by atoms with Crippen molar-refractivity contribution in [3.05, 3.63) is 0 Å². The predicted molar refractivity (Wildman–Crippen MR) is 60.9 cm³/mol. The molecule has 0 radical (unpaired) electrons. The highest BCUT2D eigenvalue weighted by Crippen LogP contribution is 2.26. The van der Waals surface area contributed by atoms with E-state index in [1.807, 2.05) is 0 Å². The minimum absolute atomic E-state index is 0.122. The van der Waals surface area contributed by atoms with Gasteiger partial charge in [0.05, 0.1) is 6.61 Å². The molecule has 0 spiro atoms. The van der Waals surface area contributed by atoms with Crippen molar-refractivity contribution >= 4 is 0 Å². The summed E-state index contributed by atoms with van der Waals surface area (Å²) < 4.78 is 39.9. The molecule has 17 heavy (non-hydrogen) atoms. The van der Waals surface area contributed by atoms with Crippen molar-refractivity contribution in [1.82, 2.24) is 5.32 Å². The zero-order chi connectivity index (χ0) is 12.7. The van der Waals surface area contributed by atoms with Gasteiger partial charge in [-0.05, 0) is 25.7 Å². The summed E-state index contributed by atoms with van der Waals surface area (Å²) in [7, 11) is 0. The first-order valence-corrected chi connectivity index (χ1v) is 6.37. The lowest BCUT2D eigenvalue weighted by molar-refractivity contribution is -0.173. The molecule has 2 nitrogen and oxygen atoms in total. The first kappa shape index (κ1) is 14.8. The number of rotatable bonds is 6. The average Bonchev–Trinajstić information content (AvgIpc) is 2.28. The van der Waals surface area contributed by atoms with Crippen LogP contribution in [0.5, 0.6) is 0 Å². The third kappa shape index (κ3) is 6.88. The first-order chi connectivity index (χ1) is 7.99. The van der Waals surface area contributed by atoms with E-state index < -0.39 is 12.8 Å². The van der Waals surface area contributed by atoms with Crippen molar-refractivity contribution in [2.24, 2.45) is 5.92 Å². The first-order valence-electron chi connectivity index (χ1n) is 6.37. The predicted octanol–water partition coefficient (Wildman–Crippen LogP) is 3.12. The Bertz CT molecular complexity index is 202. The molecule has 1 fully saturated rings. The lowest BCUT2D eigenvalue weighted by atomic mass is 9.84. The molecule has 1 aliphatic rings. The molecular formula is C12H22F3NO. The number of nitrogens with one attached hydrogen (secondary N) is 1. The second-order valence-electron chi connectivity index (χ2n) is 4.81. The van der Waals surface area contributed by atoms with Gasteiger partial charge in [-0.2, -0.15) is 13.2 Å². The quantitative estimate of drug-likeness (QED) is 0.734. The second-order valence-corrected chi connectivity index (χ2v) is 4.81. The van der Waals surface area contributed by atoms with Crippen LogP contribution in [0.15, 0.2) is 0 Å². The lowest BCUT2D eigenvalue weighted by Crippen LogP contribution is -2.37. The maximum absolute atomic E-state index is 11.8. The Kier molecular flexibility index (Phi) is 6.27. The molecule has 0 aromatic rings. The molecule has 1 saturated carbocycles. The van der Waals surface area contributed by atoms with E-state index in [4.69, 9.17) is 0 Å². The summed E-state index contributed by atoms with van der Waals surface area (Å²) in [5.74, 6) is 0.673. The van der Waals surface area contributed by atoms with Gasteiger partial charge in [-0.25, -0.2) is 0 Å². The van der Waals surface area contributed by atoms with Crippen LogP contribution in [0.25, 0.3) is 0 Å². The van der Waals surface area contributed by atoms with Crippen molar-refractivity contribution in [3.8, 4) is 0 Å². The second kappa shape index (κ2) is 7.21. The fraction of sp³-hybridized carbons (Fsp3) is 1.00. The minimum atomic E-state index is -4.21. The van der Waals surface area contributed by atoms with E-state index in [1.54, 1.807) is 0 Å². The maximum atomic E-state index is 11.8. The molecule has 102 valence electrons. The topological polar surface area (TPSA) is 21.3 Å². The van der Waals surface area contributed by atoms with Crippen molar-refractivity contribution in [3.63, 3.8) is 0 Å². The average molecular weight is 253 g/mol. The lowest BCUT2D eigenvalue weighted by Gasteiger charge is -2.28. The van der Waals surface area contributed by atoms with Gasteiger partial charge in [-0.1, -0.05) is 19.3 Å². The van der Waals surface area contributed by atoms with Crippen molar-refractivity contribution in [1.29, 1.82) is 0 Å². The summed E-state index contributed by atoms with van der Waals surface area (Å²) in [6.45, 7) is 1.58. The van der Waals surface area contributed by atoms with Gasteiger partial charge in [0.25, 0.3) is 0 Å².